The summed E-state index contributed by atoms with van der Waals surface area (Å²) >= 11 is 6.32. The first-order valence-corrected chi connectivity index (χ1v) is 10.7. The van der Waals surface area contributed by atoms with Crippen LogP contribution >= 0.6 is 11.6 Å². The quantitative estimate of drug-likeness (QED) is 0.257. The second-order valence-corrected chi connectivity index (χ2v) is 8.17. The fourth-order valence-corrected chi connectivity index (χ4v) is 3.71. The highest BCUT2D eigenvalue weighted by Crippen LogP contribution is 2.30. The fraction of sp³-hybridized carbons (Fsp3) is 0.148. The Morgan fingerprint density at radius 1 is 0.938 bits per heavy atom. The van der Waals surface area contributed by atoms with E-state index in [1.54, 1.807) is 37.3 Å². The number of aromatic nitrogens is 1. The molecule has 0 aliphatic heterocycles. The number of halogens is 1. The molecule has 3 aromatic carbocycles. The van der Waals surface area contributed by atoms with E-state index in [1.165, 1.54) is 0 Å². The summed E-state index contributed by atoms with van der Waals surface area (Å²) in [7, 11) is 0. The summed E-state index contributed by atoms with van der Waals surface area (Å²) in [6.45, 7) is 5.40. The zero-order valence-electron chi connectivity index (χ0n) is 18.1. The number of ketones is 1. The topological polar surface area (TPSA) is 56.3 Å². The lowest BCUT2D eigenvalue weighted by Gasteiger charge is -2.15. The monoisotopic (exact) mass is 443 g/mol. The predicted octanol–water partition coefficient (Wildman–Crippen LogP) is 6.60. The maximum absolute atomic E-state index is 13.2. The lowest BCUT2D eigenvalue weighted by molar-refractivity contribution is 0.0320. The predicted molar refractivity (Wildman–Crippen MR) is 127 cm³/mol. The van der Waals surface area contributed by atoms with Crippen LogP contribution in [-0.4, -0.2) is 22.8 Å². The van der Waals surface area contributed by atoms with E-state index in [4.69, 9.17) is 21.3 Å². The first kappa shape index (κ1) is 21.7. The third kappa shape index (κ3) is 4.27. The van der Waals surface area contributed by atoms with E-state index in [2.05, 4.69) is 0 Å². The van der Waals surface area contributed by atoms with Gasteiger partial charge in [-0.3, -0.25) is 4.79 Å². The summed E-state index contributed by atoms with van der Waals surface area (Å²) in [5, 5.41) is 1.20. The van der Waals surface area contributed by atoms with Gasteiger partial charge in [0.05, 0.1) is 16.8 Å². The van der Waals surface area contributed by atoms with Gasteiger partial charge in [0, 0.05) is 21.5 Å². The molecule has 1 aromatic heterocycles. The fourth-order valence-electron chi connectivity index (χ4n) is 3.56. The number of pyridine rings is 1. The number of benzene rings is 3. The van der Waals surface area contributed by atoms with Crippen molar-refractivity contribution in [1.82, 2.24) is 4.98 Å². The van der Waals surface area contributed by atoms with Gasteiger partial charge in [0.2, 0.25) is 5.78 Å². The number of fused-ring (bicyclic) bond motifs is 1. The summed E-state index contributed by atoms with van der Waals surface area (Å²) < 4.78 is 5.60. The van der Waals surface area contributed by atoms with Crippen LogP contribution in [-0.2, 0) is 4.74 Å². The van der Waals surface area contributed by atoms with Crippen molar-refractivity contribution >= 4 is 34.3 Å². The Morgan fingerprint density at radius 2 is 1.62 bits per heavy atom. The molecule has 1 heterocycles. The maximum Gasteiger partial charge on any atom is 0.339 e. The summed E-state index contributed by atoms with van der Waals surface area (Å²) in [4.78, 5) is 30.7. The van der Waals surface area contributed by atoms with E-state index in [0.29, 0.717) is 32.7 Å². The van der Waals surface area contributed by atoms with Crippen molar-refractivity contribution in [3.8, 4) is 11.3 Å². The minimum atomic E-state index is -0.929. The normalized spacial score (nSPS) is 11.9. The largest absolute Gasteiger partial charge is 0.451 e. The van der Waals surface area contributed by atoms with Crippen molar-refractivity contribution in [3.63, 3.8) is 0 Å². The number of Topliss-reactive ketones (excluding diaryl/α,β-unsaturated/α-hetero) is 1. The third-order valence-corrected chi connectivity index (χ3v) is 5.86. The summed E-state index contributed by atoms with van der Waals surface area (Å²) in [5.74, 6) is -0.830. The van der Waals surface area contributed by atoms with Crippen molar-refractivity contribution in [3.05, 3.63) is 100 Å². The van der Waals surface area contributed by atoms with E-state index < -0.39 is 12.1 Å². The third-order valence-electron chi connectivity index (χ3n) is 5.45. The van der Waals surface area contributed by atoms with Gasteiger partial charge in [-0.1, -0.05) is 77.8 Å². The second-order valence-electron chi connectivity index (χ2n) is 7.77. The van der Waals surface area contributed by atoms with Crippen LogP contribution in [0.1, 0.15) is 38.8 Å². The number of carbonyl (C=O) groups excluding carboxylic acids is 2. The Bertz CT molecular complexity index is 1310. The molecule has 0 aliphatic carbocycles. The van der Waals surface area contributed by atoms with Crippen molar-refractivity contribution in [2.75, 3.05) is 0 Å². The van der Waals surface area contributed by atoms with Crippen molar-refractivity contribution in [2.45, 2.75) is 26.9 Å². The molecule has 4 rings (SSSR count). The Balaban J connectivity index is 1.73. The van der Waals surface area contributed by atoms with Crippen LogP contribution < -0.4 is 0 Å². The smallest absolute Gasteiger partial charge is 0.339 e. The molecule has 5 heteroatoms. The van der Waals surface area contributed by atoms with E-state index in [9.17, 15) is 9.59 Å². The number of rotatable bonds is 5. The molecule has 0 radical (unpaired) electrons. The standard InChI is InChI=1S/C27H22ClNO3/c1-16-9-11-20(12-10-16)26(30)18(3)32-27(31)22-15-24(19-7-5-4-6-8-19)29-25-17(2)23(28)14-13-21(22)25/h4-15,18H,1-3H3/t18-/m1/s1. The molecule has 0 fully saturated rings. The Labute approximate surface area is 191 Å². The van der Waals surface area contributed by atoms with Crippen LogP contribution in [0.4, 0.5) is 0 Å². The first-order valence-electron chi connectivity index (χ1n) is 10.3. The van der Waals surface area contributed by atoms with Gasteiger partial charge in [-0.2, -0.15) is 0 Å². The van der Waals surface area contributed by atoms with Crippen molar-refractivity contribution < 1.29 is 14.3 Å². The summed E-state index contributed by atoms with van der Waals surface area (Å²) in [6.07, 6.45) is -0.929. The van der Waals surface area contributed by atoms with Gasteiger partial charge in [-0.05, 0) is 38.5 Å². The van der Waals surface area contributed by atoms with Gasteiger partial charge in [0.25, 0.3) is 0 Å². The van der Waals surface area contributed by atoms with Gasteiger partial charge < -0.3 is 4.74 Å². The molecule has 0 spiro atoms. The van der Waals surface area contributed by atoms with Crippen LogP contribution in [0.25, 0.3) is 22.2 Å². The Morgan fingerprint density at radius 3 is 2.31 bits per heavy atom. The number of esters is 1. The van der Waals surface area contributed by atoms with Crippen LogP contribution in [0.3, 0.4) is 0 Å². The molecule has 32 heavy (non-hydrogen) atoms. The number of ether oxygens (including phenoxy) is 1. The molecule has 160 valence electrons. The number of carbonyl (C=O) groups is 2. The SMILES string of the molecule is Cc1ccc(C(=O)[C@@H](C)OC(=O)c2cc(-c3ccccc3)nc3c(C)c(Cl)ccc23)cc1. The van der Waals surface area contributed by atoms with Crippen molar-refractivity contribution in [1.29, 1.82) is 0 Å². The average Bonchev–Trinajstić information content (AvgIpc) is 2.81. The molecule has 0 amide bonds. The van der Waals surface area contributed by atoms with E-state index in [1.807, 2.05) is 56.3 Å². The molecule has 4 aromatic rings. The first-order chi connectivity index (χ1) is 15.3. The molecule has 0 N–H and O–H groups in total. The molecular weight excluding hydrogens is 422 g/mol. The molecule has 0 bridgehead atoms. The highest BCUT2D eigenvalue weighted by atomic mass is 35.5. The number of nitrogens with zero attached hydrogens (tertiary/aromatic N) is 1. The lowest BCUT2D eigenvalue weighted by Crippen LogP contribution is -2.24. The van der Waals surface area contributed by atoms with Gasteiger partial charge in [-0.25, -0.2) is 9.78 Å². The zero-order chi connectivity index (χ0) is 22.8. The molecule has 0 aliphatic rings. The van der Waals surface area contributed by atoms with Crippen LogP contribution in [0, 0.1) is 13.8 Å². The molecule has 0 saturated carbocycles. The van der Waals surface area contributed by atoms with Crippen molar-refractivity contribution in [2.24, 2.45) is 0 Å². The van der Waals surface area contributed by atoms with E-state index in [-0.39, 0.29) is 5.78 Å². The Hall–Kier alpha value is -3.50. The van der Waals surface area contributed by atoms with E-state index in [0.717, 1.165) is 16.7 Å². The maximum atomic E-state index is 13.2. The molecular formula is C27H22ClNO3. The average molecular weight is 444 g/mol. The van der Waals surface area contributed by atoms with Gasteiger partial charge in [-0.15, -0.1) is 0 Å². The van der Waals surface area contributed by atoms with Crippen LogP contribution in [0.15, 0.2) is 72.8 Å². The molecule has 0 unspecified atom stereocenters. The summed E-state index contributed by atoms with van der Waals surface area (Å²) in [6, 6.07) is 22.0. The number of hydrogen-bond acceptors (Lipinski definition) is 4. The summed E-state index contributed by atoms with van der Waals surface area (Å²) in [5.41, 5.74) is 4.81. The lowest BCUT2D eigenvalue weighted by atomic mass is 10.0. The number of hydrogen-bond donors (Lipinski definition) is 0. The molecule has 4 nitrogen and oxygen atoms in total. The minimum absolute atomic E-state index is 0.251. The number of aryl methyl sites for hydroxylation is 2. The van der Waals surface area contributed by atoms with Crippen LogP contribution in [0.5, 0.6) is 0 Å². The van der Waals surface area contributed by atoms with E-state index >= 15 is 0 Å². The second kappa shape index (κ2) is 8.93. The Kier molecular flexibility index (Phi) is 6.06. The minimum Gasteiger partial charge on any atom is -0.451 e. The van der Waals surface area contributed by atoms with Gasteiger partial charge >= 0.3 is 5.97 Å². The van der Waals surface area contributed by atoms with Gasteiger partial charge in [0.1, 0.15) is 0 Å². The molecule has 0 saturated heterocycles. The zero-order valence-corrected chi connectivity index (χ0v) is 18.8. The van der Waals surface area contributed by atoms with Crippen LogP contribution in [0.2, 0.25) is 5.02 Å². The highest BCUT2D eigenvalue weighted by Gasteiger charge is 2.23. The van der Waals surface area contributed by atoms with Gasteiger partial charge in [0.15, 0.2) is 6.10 Å². The highest BCUT2D eigenvalue weighted by molar-refractivity contribution is 6.32. The molecule has 1 atom stereocenters.